The van der Waals surface area contributed by atoms with Crippen molar-refractivity contribution >= 4 is 60.9 Å². The second kappa shape index (κ2) is 10.2. The second-order valence-electron chi connectivity index (χ2n) is 11.2. The van der Waals surface area contributed by atoms with Crippen LogP contribution in [0, 0.1) is 0 Å². The Morgan fingerprint density at radius 3 is 1.98 bits per heavy atom. The molecule has 2 aromatic heterocycles. The molecular formula is C41H26N2O2. The van der Waals surface area contributed by atoms with Gasteiger partial charge in [0, 0.05) is 22.3 Å². The van der Waals surface area contributed by atoms with E-state index in [1.54, 1.807) is 0 Å². The average Bonchev–Trinajstić information content (AvgIpc) is 3.71. The van der Waals surface area contributed by atoms with E-state index in [-0.39, 0.29) is 0 Å². The topological polar surface area (TPSA) is 42.4 Å². The van der Waals surface area contributed by atoms with Gasteiger partial charge in [0.15, 0.2) is 11.2 Å². The Morgan fingerprint density at radius 1 is 0.489 bits per heavy atom. The van der Waals surface area contributed by atoms with Gasteiger partial charge in [-0.1, -0.05) is 109 Å². The Balaban J connectivity index is 1.28. The van der Waals surface area contributed by atoms with Crippen LogP contribution < -0.4 is 4.90 Å². The van der Waals surface area contributed by atoms with E-state index in [0.29, 0.717) is 5.89 Å². The van der Waals surface area contributed by atoms with E-state index in [0.717, 1.165) is 61.2 Å². The molecule has 0 radical (unpaired) electrons. The number of hydrogen-bond acceptors (Lipinski definition) is 4. The number of oxazole rings is 1. The third kappa shape index (κ3) is 4.19. The molecule has 0 amide bonds. The minimum absolute atomic E-state index is 0.583. The molecule has 7 aromatic carbocycles. The summed E-state index contributed by atoms with van der Waals surface area (Å²) in [6.45, 7) is 0. The van der Waals surface area contributed by atoms with Gasteiger partial charge in [0.2, 0.25) is 5.89 Å². The van der Waals surface area contributed by atoms with Crippen LogP contribution in [0.3, 0.4) is 0 Å². The third-order valence-corrected chi connectivity index (χ3v) is 8.48. The van der Waals surface area contributed by atoms with Crippen molar-refractivity contribution in [3.8, 4) is 22.6 Å². The number of para-hydroxylation sites is 2. The molecule has 2 heterocycles. The minimum atomic E-state index is 0.583. The van der Waals surface area contributed by atoms with Gasteiger partial charge in [-0.3, -0.25) is 0 Å². The molecule has 0 atom stereocenters. The van der Waals surface area contributed by atoms with E-state index in [4.69, 9.17) is 13.8 Å². The molecule has 4 nitrogen and oxygen atoms in total. The van der Waals surface area contributed by atoms with Crippen LogP contribution in [-0.4, -0.2) is 4.98 Å². The van der Waals surface area contributed by atoms with Crippen LogP contribution in [0.4, 0.5) is 17.1 Å². The van der Waals surface area contributed by atoms with Crippen LogP contribution >= 0.6 is 0 Å². The molecule has 9 rings (SSSR count). The predicted octanol–water partition coefficient (Wildman–Crippen LogP) is 11.7. The summed E-state index contributed by atoms with van der Waals surface area (Å²) in [6, 6.07) is 54.4. The first-order valence-electron chi connectivity index (χ1n) is 15.1. The molecule has 9 aromatic rings. The molecule has 212 valence electrons. The van der Waals surface area contributed by atoms with Crippen molar-refractivity contribution in [1.82, 2.24) is 4.98 Å². The monoisotopic (exact) mass is 578 g/mol. The highest BCUT2D eigenvalue weighted by Gasteiger charge is 2.24. The first-order valence-corrected chi connectivity index (χ1v) is 15.1. The highest BCUT2D eigenvalue weighted by molar-refractivity contribution is 6.21. The van der Waals surface area contributed by atoms with E-state index < -0.39 is 0 Å². The van der Waals surface area contributed by atoms with Gasteiger partial charge in [0.05, 0.1) is 11.1 Å². The summed E-state index contributed by atoms with van der Waals surface area (Å²) in [5.41, 5.74) is 9.28. The first-order chi connectivity index (χ1) is 22.3. The number of nitrogens with zero attached hydrogens (tertiary/aromatic N) is 2. The van der Waals surface area contributed by atoms with Crippen molar-refractivity contribution in [1.29, 1.82) is 0 Å². The van der Waals surface area contributed by atoms with Crippen molar-refractivity contribution in [2.75, 3.05) is 4.90 Å². The van der Waals surface area contributed by atoms with Crippen molar-refractivity contribution < 1.29 is 8.83 Å². The van der Waals surface area contributed by atoms with Crippen LogP contribution in [0.5, 0.6) is 0 Å². The molecule has 0 aliphatic rings. The van der Waals surface area contributed by atoms with Crippen molar-refractivity contribution in [2.24, 2.45) is 0 Å². The molecule has 4 heteroatoms. The maximum absolute atomic E-state index is 6.64. The third-order valence-electron chi connectivity index (χ3n) is 8.48. The fourth-order valence-electron chi connectivity index (χ4n) is 6.40. The lowest BCUT2D eigenvalue weighted by Gasteiger charge is -2.25. The van der Waals surface area contributed by atoms with E-state index in [1.807, 2.05) is 54.6 Å². The highest BCUT2D eigenvalue weighted by Crippen LogP contribution is 2.46. The molecule has 0 unspecified atom stereocenters. The summed E-state index contributed by atoms with van der Waals surface area (Å²) in [4.78, 5) is 7.24. The Hall–Kier alpha value is -6.13. The average molecular weight is 579 g/mol. The van der Waals surface area contributed by atoms with Gasteiger partial charge in [-0.05, 0) is 70.4 Å². The van der Waals surface area contributed by atoms with Crippen LogP contribution in [0.15, 0.2) is 167 Å². The maximum Gasteiger partial charge on any atom is 0.227 e. The lowest BCUT2D eigenvalue weighted by atomic mass is 9.98. The van der Waals surface area contributed by atoms with Crippen molar-refractivity contribution in [2.45, 2.75) is 0 Å². The quantitative estimate of drug-likeness (QED) is 0.204. The summed E-state index contributed by atoms with van der Waals surface area (Å²) in [7, 11) is 0. The van der Waals surface area contributed by atoms with Gasteiger partial charge in [0.1, 0.15) is 11.1 Å². The molecule has 0 fully saturated rings. The number of aromatic nitrogens is 1. The van der Waals surface area contributed by atoms with Crippen LogP contribution in [0.1, 0.15) is 0 Å². The molecule has 0 bridgehead atoms. The Morgan fingerprint density at radius 2 is 1.16 bits per heavy atom. The molecular weight excluding hydrogens is 552 g/mol. The van der Waals surface area contributed by atoms with E-state index in [1.165, 1.54) is 16.3 Å². The first kappa shape index (κ1) is 25.4. The Labute approximate surface area is 259 Å². The summed E-state index contributed by atoms with van der Waals surface area (Å²) in [5.74, 6) is 0.583. The number of benzene rings is 7. The van der Waals surface area contributed by atoms with Gasteiger partial charge in [-0.15, -0.1) is 0 Å². The normalized spacial score (nSPS) is 11.6. The van der Waals surface area contributed by atoms with Crippen molar-refractivity contribution in [3.05, 3.63) is 158 Å². The van der Waals surface area contributed by atoms with Crippen LogP contribution in [0.2, 0.25) is 0 Å². The second-order valence-corrected chi connectivity index (χ2v) is 11.2. The summed E-state index contributed by atoms with van der Waals surface area (Å²) >= 11 is 0. The Kier molecular flexibility index (Phi) is 5.78. The molecule has 0 aliphatic carbocycles. The van der Waals surface area contributed by atoms with Gasteiger partial charge in [0.25, 0.3) is 0 Å². The lowest BCUT2D eigenvalue weighted by Crippen LogP contribution is -2.10. The smallest absolute Gasteiger partial charge is 0.227 e. The van der Waals surface area contributed by atoms with Gasteiger partial charge in [-0.2, -0.15) is 0 Å². The molecule has 45 heavy (non-hydrogen) atoms. The van der Waals surface area contributed by atoms with E-state index >= 15 is 0 Å². The number of rotatable bonds is 5. The van der Waals surface area contributed by atoms with Crippen LogP contribution in [-0.2, 0) is 0 Å². The largest absolute Gasteiger partial charge is 0.454 e. The molecule has 0 N–H and O–H groups in total. The summed E-state index contributed by atoms with van der Waals surface area (Å²) in [5, 5.41) is 4.38. The van der Waals surface area contributed by atoms with Gasteiger partial charge >= 0.3 is 0 Å². The predicted molar refractivity (Wildman–Crippen MR) is 184 cm³/mol. The zero-order valence-electron chi connectivity index (χ0n) is 24.2. The minimum Gasteiger partial charge on any atom is -0.454 e. The molecule has 0 saturated heterocycles. The highest BCUT2D eigenvalue weighted by atomic mass is 16.4. The molecule has 0 spiro atoms. The fraction of sp³-hybridized carbons (Fsp3) is 0. The number of anilines is 3. The number of furan rings is 1. The lowest BCUT2D eigenvalue weighted by molar-refractivity contribution is 0.622. The zero-order valence-corrected chi connectivity index (χ0v) is 24.2. The number of fused-ring (bicyclic) bond motifs is 6. The Bertz CT molecular complexity index is 2470. The van der Waals surface area contributed by atoms with Crippen molar-refractivity contribution in [3.63, 3.8) is 0 Å². The van der Waals surface area contributed by atoms with Gasteiger partial charge < -0.3 is 13.7 Å². The van der Waals surface area contributed by atoms with E-state index in [2.05, 4.69) is 108 Å². The molecule has 0 saturated carbocycles. The molecule has 0 aliphatic heterocycles. The number of hydrogen-bond donors (Lipinski definition) is 0. The SMILES string of the molecule is c1ccc(-c2nc3cc(N(c4ccccc4)c4ccc(-c5cccc6ccccc56)cc4)c4oc5ccccc5c4c3o2)cc1. The van der Waals surface area contributed by atoms with Gasteiger partial charge in [-0.25, -0.2) is 4.98 Å². The van der Waals surface area contributed by atoms with Crippen LogP contribution in [0.25, 0.3) is 66.4 Å². The standard InChI is InChI=1S/C41H26N2O2/c1-3-13-29(14-4-1)41-42-35-26-36(40-38(39(35)45-41)34-19-9-10-21-37(34)44-40)43(30-16-5-2-6-17-30)31-24-22-28(23-25-31)33-20-11-15-27-12-7-8-18-32(27)33/h1-26H. The fourth-order valence-corrected chi connectivity index (χ4v) is 6.40. The maximum atomic E-state index is 6.64. The zero-order chi connectivity index (χ0) is 29.7. The van der Waals surface area contributed by atoms with E-state index in [9.17, 15) is 0 Å². The summed E-state index contributed by atoms with van der Waals surface area (Å²) in [6.07, 6.45) is 0. The summed E-state index contributed by atoms with van der Waals surface area (Å²) < 4.78 is 13.1.